The summed E-state index contributed by atoms with van der Waals surface area (Å²) >= 11 is 1.40. The molecule has 5 rings (SSSR count). The SMILES string of the molecule is C[C@@H]1CNCc2nc3sc(N4CCCC4C(=O)NCc4ccccc4)nc3c(=O)n21. The molecule has 2 aromatic heterocycles. The average Bonchev–Trinajstić information content (AvgIpc) is 3.40. The van der Waals surface area contributed by atoms with Crippen molar-refractivity contribution in [2.45, 2.75) is 44.9 Å². The summed E-state index contributed by atoms with van der Waals surface area (Å²) in [5.41, 5.74) is 1.39. The summed E-state index contributed by atoms with van der Waals surface area (Å²) in [7, 11) is 0. The maximum atomic E-state index is 13.0. The maximum Gasteiger partial charge on any atom is 0.281 e. The molecule has 1 fully saturated rings. The Bertz CT molecular complexity index is 1140. The van der Waals surface area contributed by atoms with E-state index in [1.54, 1.807) is 4.57 Å². The van der Waals surface area contributed by atoms with Crippen molar-refractivity contribution in [2.75, 3.05) is 18.0 Å². The van der Waals surface area contributed by atoms with Gasteiger partial charge in [-0.05, 0) is 25.3 Å². The van der Waals surface area contributed by atoms with Crippen LogP contribution in [0.15, 0.2) is 35.1 Å². The lowest BCUT2D eigenvalue weighted by Crippen LogP contribution is -2.43. The van der Waals surface area contributed by atoms with Crippen molar-refractivity contribution in [1.82, 2.24) is 25.2 Å². The van der Waals surface area contributed by atoms with Crippen LogP contribution in [0, 0.1) is 0 Å². The Balaban J connectivity index is 1.41. The molecule has 156 valence electrons. The lowest BCUT2D eigenvalue weighted by atomic mass is 10.2. The molecule has 3 aromatic rings. The van der Waals surface area contributed by atoms with Crippen LogP contribution in [-0.4, -0.2) is 39.6 Å². The number of aromatic nitrogens is 3. The Morgan fingerprint density at radius 1 is 1.30 bits per heavy atom. The van der Waals surface area contributed by atoms with Crippen LogP contribution < -0.4 is 21.1 Å². The summed E-state index contributed by atoms with van der Waals surface area (Å²) in [6.07, 6.45) is 1.70. The van der Waals surface area contributed by atoms with Gasteiger partial charge in [-0.15, -0.1) is 0 Å². The summed E-state index contributed by atoms with van der Waals surface area (Å²) < 4.78 is 1.75. The molecule has 2 atom stereocenters. The third kappa shape index (κ3) is 3.37. The number of anilines is 1. The van der Waals surface area contributed by atoms with Gasteiger partial charge in [0.1, 0.15) is 11.9 Å². The number of amides is 1. The van der Waals surface area contributed by atoms with Crippen molar-refractivity contribution in [1.29, 1.82) is 0 Å². The van der Waals surface area contributed by atoms with Crippen LogP contribution in [0.3, 0.4) is 0 Å². The zero-order valence-corrected chi connectivity index (χ0v) is 17.6. The number of nitrogens with one attached hydrogen (secondary N) is 2. The fraction of sp³-hybridized carbons (Fsp3) is 0.429. The summed E-state index contributed by atoms with van der Waals surface area (Å²) in [4.78, 5) is 37.9. The van der Waals surface area contributed by atoms with Crippen LogP contribution in [-0.2, 0) is 17.9 Å². The minimum Gasteiger partial charge on any atom is -0.350 e. The van der Waals surface area contributed by atoms with Gasteiger partial charge in [0, 0.05) is 25.7 Å². The highest BCUT2D eigenvalue weighted by molar-refractivity contribution is 7.21. The van der Waals surface area contributed by atoms with Gasteiger partial charge < -0.3 is 15.5 Å². The quantitative estimate of drug-likeness (QED) is 0.664. The van der Waals surface area contributed by atoms with Crippen molar-refractivity contribution in [3.63, 3.8) is 0 Å². The topological polar surface area (TPSA) is 92.2 Å². The van der Waals surface area contributed by atoms with Crippen molar-refractivity contribution in [3.8, 4) is 0 Å². The summed E-state index contributed by atoms with van der Waals surface area (Å²) in [6.45, 7) is 4.59. The predicted molar refractivity (Wildman–Crippen MR) is 117 cm³/mol. The fourth-order valence-electron chi connectivity index (χ4n) is 4.28. The van der Waals surface area contributed by atoms with Crippen LogP contribution >= 0.6 is 11.3 Å². The molecule has 4 heterocycles. The predicted octanol–water partition coefficient (Wildman–Crippen LogP) is 1.80. The Labute approximate surface area is 177 Å². The van der Waals surface area contributed by atoms with E-state index in [1.807, 2.05) is 42.2 Å². The first kappa shape index (κ1) is 19.2. The van der Waals surface area contributed by atoms with Crippen molar-refractivity contribution >= 4 is 32.7 Å². The van der Waals surface area contributed by atoms with Crippen molar-refractivity contribution < 1.29 is 4.79 Å². The van der Waals surface area contributed by atoms with E-state index in [4.69, 9.17) is 4.98 Å². The molecule has 0 aliphatic carbocycles. The summed E-state index contributed by atoms with van der Waals surface area (Å²) in [5.74, 6) is 0.748. The third-order valence-corrected chi connectivity index (χ3v) is 6.79. The Hall–Kier alpha value is -2.78. The molecule has 0 saturated carbocycles. The lowest BCUT2D eigenvalue weighted by molar-refractivity contribution is -0.122. The van der Waals surface area contributed by atoms with E-state index in [9.17, 15) is 9.59 Å². The number of carbonyl (C=O) groups is 1. The van der Waals surface area contributed by atoms with Crippen molar-refractivity contribution in [2.24, 2.45) is 0 Å². The van der Waals surface area contributed by atoms with Gasteiger partial charge >= 0.3 is 0 Å². The molecule has 1 amide bonds. The lowest BCUT2D eigenvalue weighted by Gasteiger charge is -2.24. The molecule has 8 nitrogen and oxygen atoms in total. The molecule has 1 saturated heterocycles. The molecular weight excluding hydrogens is 400 g/mol. The molecule has 2 N–H and O–H groups in total. The van der Waals surface area contributed by atoms with E-state index in [0.29, 0.717) is 28.6 Å². The van der Waals surface area contributed by atoms with Gasteiger partial charge in [0.15, 0.2) is 15.5 Å². The molecule has 0 spiro atoms. The van der Waals surface area contributed by atoms with E-state index in [0.717, 1.165) is 37.3 Å². The summed E-state index contributed by atoms with van der Waals surface area (Å²) in [5, 5.41) is 7.04. The number of benzene rings is 1. The number of rotatable bonds is 4. The second-order valence-electron chi connectivity index (χ2n) is 7.89. The molecule has 30 heavy (non-hydrogen) atoms. The number of hydrogen-bond acceptors (Lipinski definition) is 7. The van der Waals surface area contributed by atoms with E-state index >= 15 is 0 Å². The van der Waals surface area contributed by atoms with Crippen LogP contribution in [0.2, 0.25) is 0 Å². The number of thiazole rings is 1. The zero-order valence-electron chi connectivity index (χ0n) is 16.8. The van der Waals surface area contributed by atoms with Crippen LogP contribution in [0.1, 0.15) is 37.2 Å². The molecule has 2 aliphatic rings. The van der Waals surface area contributed by atoms with Crippen LogP contribution in [0.5, 0.6) is 0 Å². The van der Waals surface area contributed by atoms with E-state index in [2.05, 4.69) is 15.6 Å². The average molecular weight is 425 g/mol. The van der Waals surface area contributed by atoms with Gasteiger partial charge in [0.2, 0.25) is 5.91 Å². The first-order chi connectivity index (χ1) is 14.6. The normalized spacial score (nSPS) is 21.0. The molecule has 2 aliphatic heterocycles. The van der Waals surface area contributed by atoms with E-state index in [1.165, 1.54) is 11.3 Å². The smallest absolute Gasteiger partial charge is 0.281 e. The Morgan fingerprint density at radius 2 is 2.13 bits per heavy atom. The molecule has 1 unspecified atom stereocenters. The largest absolute Gasteiger partial charge is 0.350 e. The maximum absolute atomic E-state index is 13.0. The van der Waals surface area contributed by atoms with Gasteiger partial charge in [-0.1, -0.05) is 41.7 Å². The second kappa shape index (κ2) is 7.81. The van der Waals surface area contributed by atoms with Gasteiger partial charge in [0.05, 0.1) is 6.54 Å². The molecule has 1 aromatic carbocycles. The minimum atomic E-state index is -0.271. The Morgan fingerprint density at radius 3 is 2.97 bits per heavy atom. The number of hydrogen-bond donors (Lipinski definition) is 2. The fourth-order valence-corrected chi connectivity index (χ4v) is 5.30. The first-order valence-corrected chi connectivity index (χ1v) is 11.1. The molecular formula is C21H24N6O2S. The highest BCUT2D eigenvalue weighted by atomic mass is 32.1. The van der Waals surface area contributed by atoms with Gasteiger partial charge in [-0.25, -0.2) is 9.97 Å². The molecule has 0 radical (unpaired) electrons. The second-order valence-corrected chi connectivity index (χ2v) is 8.84. The van der Waals surface area contributed by atoms with Gasteiger partial charge in [-0.2, -0.15) is 0 Å². The molecule has 0 bridgehead atoms. The van der Waals surface area contributed by atoms with Crippen LogP contribution in [0.25, 0.3) is 10.3 Å². The number of nitrogens with zero attached hydrogens (tertiary/aromatic N) is 4. The van der Waals surface area contributed by atoms with E-state index < -0.39 is 0 Å². The number of carbonyl (C=O) groups excluding carboxylic acids is 1. The standard InChI is InChI=1S/C21H24N6O2S/c1-13-10-22-12-16-24-19-17(20(29)27(13)16)25-21(30-19)26-9-5-8-15(26)18(28)23-11-14-6-3-2-4-7-14/h2-4,6-7,13,15,22H,5,8-12H2,1H3,(H,23,28)/t13-,15?/m1/s1. The Kier molecular flexibility index (Phi) is 5.00. The zero-order chi connectivity index (χ0) is 20.7. The highest BCUT2D eigenvalue weighted by Gasteiger charge is 2.33. The highest BCUT2D eigenvalue weighted by Crippen LogP contribution is 2.32. The third-order valence-electron chi connectivity index (χ3n) is 5.80. The monoisotopic (exact) mass is 424 g/mol. The van der Waals surface area contributed by atoms with Gasteiger partial charge in [-0.3, -0.25) is 14.2 Å². The van der Waals surface area contributed by atoms with Gasteiger partial charge in [0.25, 0.3) is 5.56 Å². The van der Waals surface area contributed by atoms with E-state index in [-0.39, 0.29) is 23.6 Å². The minimum absolute atomic E-state index is 0.00240. The molecule has 9 heteroatoms. The number of fused-ring (bicyclic) bond motifs is 2. The van der Waals surface area contributed by atoms with Crippen LogP contribution in [0.4, 0.5) is 5.13 Å². The van der Waals surface area contributed by atoms with Crippen molar-refractivity contribution in [3.05, 3.63) is 52.1 Å². The summed E-state index contributed by atoms with van der Waals surface area (Å²) in [6, 6.07) is 9.66. The first-order valence-electron chi connectivity index (χ1n) is 10.3.